The van der Waals surface area contributed by atoms with Gasteiger partial charge in [0, 0.05) is 10.7 Å². The van der Waals surface area contributed by atoms with Crippen LogP contribution in [0.25, 0.3) is 6.08 Å². The zero-order valence-electron chi connectivity index (χ0n) is 7.26. The molecule has 2 N–H and O–H groups in total. The van der Waals surface area contributed by atoms with Crippen molar-refractivity contribution in [3.63, 3.8) is 0 Å². The van der Waals surface area contributed by atoms with Gasteiger partial charge in [-0.15, -0.1) is 0 Å². The second-order valence-corrected chi connectivity index (χ2v) is 3.33. The lowest BCUT2D eigenvalue weighted by molar-refractivity contribution is 1.33. The summed E-state index contributed by atoms with van der Waals surface area (Å²) >= 11 is 5.83. The van der Waals surface area contributed by atoms with E-state index < -0.39 is 0 Å². The van der Waals surface area contributed by atoms with Gasteiger partial charge in [-0.3, -0.25) is 0 Å². The first-order valence-corrected chi connectivity index (χ1v) is 4.17. The fourth-order valence-electron chi connectivity index (χ4n) is 1.01. The molecule has 1 aromatic rings. The quantitative estimate of drug-likeness (QED) is 0.709. The Balaban J connectivity index is 3.14. The van der Waals surface area contributed by atoms with E-state index in [1.165, 1.54) is 5.56 Å². The van der Waals surface area contributed by atoms with Gasteiger partial charge < -0.3 is 5.73 Å². The molecule has 0 fully saturated rings. The summed E-state index contributed by atoms with van der Waals surface area (Å²) < 4.78 is 0. The number of hydrogen-bond acceptors (Lipinski definition) is 1. The number of hydrogen-bond donors (Lipinski definition) is 1. The van der Waals surface area contributed by atoms with Gasteiger partial charge in [-0.2, -0.15) is 0 Å². The third-order valence-corrected chi connectivity index (χ3v) is 1.86. The first-order chi connectivity index (χ1) is 5.59. The van der Waals surface area contributed by atoms with Crippen LogP contribution in [0.1, 0.15) is 18.1 Å². The lowest BCUT2D eigenvalue weighted by Gasteiger charge is -2.01. The molecule has 0 spiro atoms. The first-order valence-electron chi connectivity index (χ1n) is 3.79. The van der Waals surface area contributed by atoms with Crippen LogP contribution in [0.5, 0.6) is 0 Å². The Kier molecular flexibility index (Phi) is 2.77. The number of nitrogens with two attached hydrogens (primary N) is 1. The maximum Gasteiger partial charge on any atom is 0.0412 e. The second kappa shape index (κ2) is 3.63. The van der Waals surface area contributed by atoms with Crippen LogP contribution in [0.3, 0.4) is 0 Å². The molecule has 0 saturated carbocycles. The highest BCUT2D eigenvalue weighted by molar-refractivity contribution is 6.30. The number of rotatable bonds is 1. The van der Waals surface area contributed by atoms with Crippen LogP contribution in [0.2, 0.25) is 5.02 Å². The lowest BCUT2D eigenvalue weighted by Crippen LogP contribution is -1.90. The molecule has 1 aromatic carbocycles. The van der Waals surface area contributed by atoms with Gasteiger partial charge in [0.1, 0.15) is 0 Å². The van der Waals surface area contributed by atoms with Crippen molar-refractivity contribution in [3.8, 4) is 0 Å². The largest absolute Gasteiger partial charge is 0.402 e. The molecule has 0 saturated heterocycles. The summed E-state index contributed by atoms with van der Waals surface area (Å²) in [5, 5.41) is 0.744. The maximum atomic E-state index is 5.83. The van der Waals surface area contributed by atoms with Crippen LogP contribution in [-0.4, -0.2) is 0 Å². The normalized spacial score (nSPS) is 11.8. The average Bonchev–Trinajstić information content (AvgIpc) is 1.96. The van der Waals surface area contributed by atoms with Crippen LogP contribution in [0.15, 0.2) is 23.9 Å². The van der Waals surface area contributed by atoms with E-state index in [-0.39, 0.29) is 0 Å². The molecule has 0 amide bonds. The van der Waals surface area contributed by atoms with Gasteiger partial charge in [0.25, 0.3) is 0 Å². The molecule has 64 valence electrons. The monoisotopic (exact) mass is 181 g/mol. The Labute approximate surface area is 77.8 Å². The van der Waals surface area contributed by atoms with Crippen molar-refractivity contribution in [2.24, 2.45) is 5.73 Å². The fourth-order valence-corrected chi connectivity index (χ4v) is 1.19. The minimum atomic E-state index is 0.744. The molecule has 1 rings (SSSR count). The highest BCUT2D eigenvalue weighted by Gasteiger charge is 1.95. The molecule has 0 unspecified atom stereocenters. The molecule has 0 aliphatic heterocycles. The number of allylic oxidation sites excluding steroid dienone is 1. The van der Waals surface area contributed by atoms with Crippen molar-refractivity contribution in [1.29, 1.82) is 0 Å². The van der Waals surface area contributed by atoms with E-state index >= 15 is 0 Å². The summed E-state index contributed by atoms with van der Waals surface area (Å²) in [6.45, 7) is 3.89. The smallest absolute Gasteiger partial charge is 0.0412 e. The summed E-state index contributed by atoms with van der Waals surface area (Å²) in [6, 6.07) is 5.77. The lowest BCUT2D eigenvalue weighted by atomic mass is 10.1. The SMILES string of the molecule is C/C(N)=C\c1cc(Cl)ccc1C. The van der Waals surface area contributed by atoms with Gasteiger partial charge in [0.05, 0.1) is 0 Å². The van der Waals surface area contributed by atoms with Crippen molar-refractivity contribution in [3.05, 3.63) is 40.0 Å². The van der Waals surface area contributed by atoms with Crippen LogP contribution >= 0.6 is 11.6 Å². The predicted molar refractivity (Wildman–Crippen MR) is 54.0 cm³/mol. The van der Waals surface area contributed by atoms with E-state index in [0.717, 1.165) is 16.3 Å². The van der Waals surface area contributed by atoms with Crippen molar-refractivity contribution >= 4 is 17.7 Å². The van der Waals surface area contributed by atoms with Gasteiger partial charge >= 0.3 is 0 Å². The minimum Gasteiger partial charge on any atom is -0.402 e. The fraction of sp³-hybridized carbons (Fsp3) is 0.200. The van der Waals surface area contributed by atoms with Crippen molar-refractivity contribution in [2.45, 2.75) is 13.8 Å². The number of halogens is 1. The van der Waals surface area contributed by atoms with Gasteiger partial charge in [-0.1, -0.05) is 17.7 Å². The summed E-state index contributed by atoms with van der Waals surface area (Å²) in [5.41, 5.74) is 8.62. The Bertz CT molecular complexity index is 312. The van der Waals surface area contributed by atoms with E-state index in [9.17, 15) is 0 Å². The van der Waals surface area contributed by atoms with Gasteiger partial charge in [-0.05, 0) is 43.2 Å². The van der Waals surface area contributed by atoms with Crippen LogP contribution in [0.4, 0.5) is 0 Å². The van der Waals surface area contributed by atoms with Crippen molar-refractivity contribution in [2.75, 3.05) is 0 Å². The van der Waals surface area contributed by atoms with E-state index in [2.05, 4.69) is 0 Å². The number of benzene rings is 1. The molecule has 0 bridgehead atoms. The Morgan fingerprint density at radius 3 is 2.75 bits per heavy atom. The molecule has 0 heterocycles. The molecule has 0 radical (unpaired) electrons. The van der Waals surface area contributed by atoms with Crippen LogP contribution < -0.4 is 5.73 Å². The molecular weight excluding hydrogens is 170 g/mol. The minimum absolute atomic E-state index is 0.744. The number of aryl methyl sites for hydroxylation is 1. The van der Waals surface area contributed by atoms with Crippen LogP contribution in [-0.2, 0) is 0 Å². The molecule has 0 aliphatic rings. The molecule has 0 atom stereocenters. The third kappa shape index (κ3) is 2.28. The predicted octanol–water partition coefficient (Wildman–Crippen LogP) is 2.97. The molecule has 12 heavy (non-hydrogen) atoms. The van der Waals surface area contributed by atoms with Gasteiger partial charge in [0.2, 0.25) is 0 Å². The molecule has 0 aliphatic carbocycles. The molecule has 1 nitrogen and oxygen atoms in total. The second-order valence-electron chi connectivity index (χ2n) is 2.89. The first kappa shape index (κ1) is 9.14. The Morgan fingerprint density at radius 2 is 2.17 bits per heavy atom. The highest BCUT2D eigenvalue weighted by atomic mass is 35.5. The highest BCUT2D eigenvalue weighted by Crippen LogP contribution is 2.17. The van der Waals surface area contributed by atoms with Crippen LogP contribution in [0, 0.1) is 6.92 Å². The van der Waals surface area contributed by atoms with Crippen molar-refractivity contribution in [1.82, 2.24) is 0 Å². The molecule has 2 heteroatoms. The summed E-state index contributed by atoms with van der Waals surface area (Å²) in [7, 11) is 0. The Hall–Kier alpha value is -0.950. The van der Waals surface area contributed by atoms with Crippen molar-refractivity contribution < 1.29 is 0 Å². The summed E-state index contributed by atoms with van der Waals surface area (Å²) in [4.78, 5) is 0. The zero-order valence-corrected chi connectivity index (χ0v) is 8.02. The van der Waals surface area contributed by atoms with E-state index in [1.54, 1.807) is 0 Å². The molecule has 0 aromatic heterocycles. The third-order valence-electron chi connectivity index (χ3n) is 1.62. The van der Waals surface area contributed by atoms with Gasteiger partial charge in [-0.25, -0.2) is 0 Å². The van der Waals surface area contributed by atoms with Gasteiger partial charge in [0.15, 0.2) is 0 Å². The average molecular weight is 182 g/mol. The van der Waals surface area contributed by atoms with E-state index in [0.29, 0.717) is 0 Å². The van der Waals surface area contributed by atoms with E-state index in [1.807, 2.05) is 38.1 Å². The van der Waals surface area contributed by atoms with E-state index in [4.69, 9.17) is 17.3 Å². The molecular formula is C10H12ClN. The summed E-state index contributed by atoms with van der Waals surface area (Å²) in [5.74, 6) is 0. The zero-order chi connectivity index (χ0) is 9.14. The summed E-state index contributed by atoms with van der Waals surface area (Å²) in [6.07, 6.45) is 1.92. The standard InChI is InChI=1S/C10H12ClN/c1-7-3-4-10(11)6-9(7)5-8(2)12/h3-6H,12H2,1-2H3/b8-5+. The maximum absolute atomic E-state index is 5.83. The Morgan fingerprint density at radius 1 is 1.50 bits per heavy atom. The topological polar surface area (TPSA) is 26.0 Å².